The third kappa shape index (κ3) is 0.446. The van der Waals surface area contributed by atoms with Crippen molar-refractivity contribution in [3.05, 3.63) is 0 Å². The SMILES string of the molecule is CN1C[C@@H]2[C@H](N)[C@@H]2C1. The van der Waals surface area contributed by atoms with Gasteiger partial charge in [-0.05, 0) is 18.9 Å². The first-order valence-corrected chi connectivity index (χ1v) is 3.23. The molecule has 1 saturated carbocycles. The first-order valence-electron chi connectivity index (χ1n) is 3.23. The van der Waals surface area contributed by atoms with Crippen molar-refractivity contribution < 1.29 is 0 Å². The minimum absolute atomic E-state index is 0.561. The summed E-state index contributed by atoms with van der Waals surface area (Å²) in [5.41, 5.74) is 5.71. The third-order valence-corrected chi connectivity index (χ3v) is 2.44. The van der Waals surface area contributed by atoms with E-state index in [2.05, 4.69) is 11.9 Å². The van der Waals surface area contributed by atoms with E-state index in [0.29, 0.717) is 6.04 Å². The van der Waals surface area contributed by atoms with E-state index in [-0.39, 0.29) is 0 Å². The highest BCUT2D eigenvalue weighted by atomic mass is 15.2. The van der Waals surface area contributed by atoms with E-state index in [4.69, 9.17) is 5.73 Å². The normalized spacial score (nSPS) is 54.0. The fraction of sp³-hybridized carbons (Fsp3) is 1.00. The number of fused-ring (bicyclic) bond motifs is 1. The van der Waals surface area contributed by atoms with E-state index in [1.165, 1.54) is 13.1 Å². The molecular formula is C6H12N2. The van der Waals surface area contributed by atoms with Gasteiger partial charge in [-0.2, -0.15) is 0 Å². The maximum Gasteiger partial charge on any atom is 0.0127 e. The maximum atomic E-state index is 5.71. The fourth-order valence-electron chi connectivity index (χ4n) is 1.78. The van der Waals surface area contributed by atoms with Crippen LogP contribution in [0, 0.1) is 11.8 Å². The van der Waals surface area contributed by atoms with Gasteiger partial charge in [-0.25, -0.2) is 0 Å². The number of rotatable bonds is 0. The lowest BCUT2D eigenvalue weighted by molar-refractivity contribution is 0.362. The maximum absolute atomic E-state index is 5.71. The second kappa shape index (κ2) is 1.25. The van der Waals surface area contributed by atoms with Crippen LogP contribution in [0.2, 0.25) is 0 Å². The van der Waals surface area contributed by atoms with Crippen LogP contribution in [0.5, 0.6) is 0 Å². The summed E-state index contributed by atoms with van der Waals surface area (Å²) in [6.07, 6.45) is 0. The van der Waals surface area contributed by atoms with Crippen LogP contribution in [0.3, 0.4) is 0 Å². The average molecular weight is 112 g/mol. The van der Waals surface area contributed by atoms with E-state index in [1.54, 1.807) is 0 Å². The van der Waals surface area contributed by atoms with Crippen LogP contribution < -0.4 is 5.73 Å². The molecule has 0 unspecified atom stereocenters. The van der Waals surface area contributed by atoms with Gasteiger partial charge in [0.1, 0.15) is 0 Å². The van der Waals surface area contributed by atoms with E-state index >= 15 is 0 Å². The molecule has 2 nitrogen and oxygen atoms in total. The predicted molar refractivity (Wildman–Crippen MR) is 32.5 cm³/mol. The van der Waals surface area contributed by atoms with Gasteiger partial charge in [-0.1, -0.05) is 0 Å². The largest absolute Gasteiger partial charge is 0.327 e. The van der Waals surface area contributed by atoms with Gasteiger partial charge in [0.2, 0.25) is 0 Å². The van der Waals surface area contributed by atoms with Crippen LogP contribution in [0.1, 0.15) is 0 Å². The Labute approximate surface area is 49.7 Å². The molecule has 0 radical (unpaired) electrons. The van der Waals surface area contributed by atoms with Gasteiger partial charge < -0.3 is 10.6 Å². The summed E-state index contributed by atoms with van der Waals surface area (Å²) in [6.45, 7) is 2.48. The van der Waals surface area contributed by atoms with Crippen LogP contribution in [0.25, 0.3) is 0 Å². The van der Waals surface area contributed by atoms with Crippen molar-refractivity contribution in [1.82, 2.24) is 4.90 Å². The van der Waals surface area contributed by atoms with E-state index in [1.807, 2.05) is 0 Å². The Hall–Kier alpha value is -0.0800. The first-order chi connectivity index (χ1) is 3.79. The molecule has 1 aliphatic carbocycles. The Balaban J connectivity index is 2.00. The van der Waals surface area contributed by atoms with Crippen molar-refractivity contribution in [1.29, 1.82) is 0 Å². The Kier molecular flexibility index (Phi) is 0.746. The Morgan fingerprint density at radius 2 is 1.88 bits per heavy atom. The van der Waals surface area contributed by atoms with Gasteiger partial charge in [-0.15, -0.1) is 0 Å². The molecule has 0 aromatic heterocycles. The van der Waals surface area contributed by atoms with Crippen LogP contribution in [-0.4, -0.2) is 31.1 Å². The van der Waals surface area contributed by atoms with Crippen molar-refractivity contribution in [2.75, 3.05) is 20.1 Å². The summed E-state index contributed by atoms with van der Waals surface area (Å²) in [5, 5.41) is 0. The summed E-state index contributed by atoms with van der Waals surface area (Å²) >= 11 is 0. The molecule has 2 heteroatoms. The molecule has 2 rings (SSSR count). The summed E-state index contributed by atoms with van der Waals surface area (Å²) in [4.78, 5) is 2.36. The summed E-state index contributed by atoms with van der Waals surface area (Å²) in [7, 11) is 2.17. The standard InChI is InChI=1S/C6H12N2/c1-8-2-4-5(3-8)6(4)7/h4-6H,2-3,7H2,1H3/t4-,5+,6-. The number of hydrogen-bond donors (Lipinski definition) is 1. The van der Waals surface area contributed by atoms with Crippen LogP contribution in [0.4, 0.5) is 0 Å². The second-order valence-corrected chi connectivity index (χ2v) is 3.13. The smallest absolute Gasteiger partial charge is 0.0127 e. The van der Waals surface area contributed by atoms with Gasteiger partial charge in [0, 0.05) is 19.1 Å². The Morgan fingerprint density at radius 1 is 1.38 bits per heavy atom. The molecule has 3 atom stereocenters. The number of piperidine rings is 1. The lowest BCUT2D eigenvalue weighted by Crippen LogP contribution is -2.24. The lowest BCUT2D eigenvalue weighted by Gasteiger charge is -2.09. The zero-order valence-electron chi connectivity index (χ0n) is 5.17. The number of nitrogens with two attached hydrogens (primary N) is 1. The monoisotopic (exact) mass is 112 g/mol. The van der Waals surface area contributed by atoms with Crippen LogP contribution in [0.15, 0.2) is 0 Å². The molecule has 8 heavy (non-hydrogen) atoms. The molecule has 46 valence electrons. The van der Waals surface area contributed by atoms with Crippen molar-refractivity contribution in [3.8, 4) is 0 Å². The number of nitrogens with zero attached hydrogens (tertiary/aromatic N) is 1. The molecule has 2 N–H and O–H groups in total. The molecular weight excluding hydrogens is 100 g/mol. The number of likely N-dealkylation sites (tertiary alicyclic amines) is 1. The second-order valence-electron chi connectivity index (χ2n) is 3.13. The Bertz CT molecular complexity index is 101. The van der Waals surface area contributed by atoms with Gasteiger partial charge in [0.25, 0.3) is 0 Å². The molecule has 0 spiro atoms. The average Bonchev–Trinajstić information content (AvgIpc) is 2.29. The minimum Gasteiger partial charge on any atom is -0.327 e. The summed E-state index contributed by atoms with van der Waals surface area (Å²) in [6, 6.07) is 0.561. The Morgan fingerprint density at radius 3 is 2.25 bits per heavy atom. The molecule has 1 heterocycles. The molecule has 1 aliphatic heterocycles. The molecule has 0 amide bonds. The molecule has 2 aliphatic rings. The number of hydrogen-bond acceptors (Lipinski definition) is 2. The van der Waals surface area contributed by atoms with Crippen molar-refractivity contribution in [3.63, 3.8) is 0 Å². The van der Waals surface area contributed by atoms with Crippen LogP contribution in [-0.2, 0) is 0 Å². The zero-order valence-corrected chi connectivity index (χ0v) is 5.17. The van der Waals surface area contributed by atoms with Gasteiger partial charge in [0.05, 0.1) is 0 Å². The first kappa shape index (κ1) is 4.77. The fourth-order valence-corrected chi connectivity index (χ4v) is 1.78. The quantitative estimate of drug-likeness (QED) is 0.458. The highest BCUT2D eigenvalue weighted by Crippen LogP contribution is 2.42. The highest BCUT2D eigenvalue weighted by Gasteiger charge is 2.52. The van der Waals surface area contributed by atoms with Gasteiger partial charge >= 0.3 is 0 Å². The summed E-state index contributed by atoms with van der Waals surface area (Å²) in [5.74, 6) is 1.72. The van der Waals surface area contributed by atoms with Crippen LogP contribution >= 0.6 is 0 Å². The third-order valence-electron chi connectivity index (χ3n) is 2.44. The van der Waals surface area contributed by atoms with Crippen molar-refractivity contribution in [2.45, 2.75) is 6.04 Å². The van der Waals surface area contributed by atoms with Crippen molar-refractivity contribution >= 4 is 0 Å². The lowest BCUT2D eigenvalue weighted by atomic mass is 10.4. The van der Waals surface area contributed by atoms with E-state index in [9.17, 15) is 0 Å². The highest BCUT2D eigenvalue weighted by molar-refractivity contribution is 5.07. The van der Waals surface area contributed by atoms with Gasteiger partial charge in [-0.3, -0.25) is 0 Å². The summed E-state index contributed by atoms with van der Waals surface area (Å²) < 4.78 is 0. The topological polar surface area (TPSA) is 29.3 Å². The zero-order chi connectivity index (χ0) is 5.72. The van der Waals surface area contributed by atoms with Crippen molar-refractivity contribution in [2.24, 2.45) is 17.6 Å². The molecule has 2 fully saturated rings. The van der Waals surface area contributed by atoms with E-state index in [0.717, 1.165) is 11.8 Å². The minimum atomic E-state index is 0.561. The van der Waals surface area contributed by atoms with Gasteiger partial charge in [0.15, 0.2) is 0 Å². The van der Waals surface area contributed by atoms with E-state index < -0.39 is 0 Å². The molecule has 0 aromatic rings. The predicted octanol–water partition coefficient (Wildman–Crippen LogP) is -0.495. The molecule has 0 aromatic carbocycles. The molecule has 0 bridgehead atoms. The molecule has 1 saturated heterocycles.